The van der Waals surface area contributed by atoms with Crippen molar-refractivity contribution in [2.45, 2.75) is 25.3 Å². The van der Waals surface area contributed by atoms with Crippen molar-refractivity contribution in [3.05, 3.63) is 29.8 Å². The number of amides is 2. The second kappa shape index (κ2) is 6.99. The van der Waals surface area contributed by atoms with E-state index in [0.717, 1.165) is 17.7 Å². The Bertz CT molecular complexity index is 448. The first-order valence-electron chi connectivity index (χ1n) is 6.06. The van der Waals surface area contributed by atoms with Crippen LogP contribution in [0.5, 0.6) is 0 Å². The van der Waals surface area contributed by atoms with Crippen LogP contribution in [-0.4, -0.2) is 24.4 Å². The molecule has 1 heterocycles. The van der Waals surface area contributed by atoms with Gasteiger partial charge in [-0.05, 0) is 30.5 Å². The topological polar surface area (TPSA) is 84.2 Å². The van der Waals surface area contributed by atoms with Gasteiger partial charge < -0.3 is 16.4 Å². The number of nitrogens with one attached hydrogen (secondary N) is 2. The monoisotopic (exact) mass is 283 g/mol. The number of rotatable bonds is 4. The van der Waals surface area contributed by atoms with Crippen LogP contribution in [0.3, 0.4) is 0 Å². The fourth-order valence-corrected chi connectivity index (χ4v) is 1.95. The van der Waals surface area contributed by atoms with Gasteiger partial charge in [0.25, 0.3) is 0 Å². The van der Waals surface area contributed by atoms with Gasteiger partial charge in [-0.25, -0.2) is 0 Å². The second-order valence-corrected chi connectivity index (χ2v) is 4.44. The van der Waals surface area contributed by atoms with Crippen LogP contribution in [0, 0.1) is 0 Å². The molecule has 0 bridgehead atoms. The summed E-state index contributed by atoms with van der Waals surface area (Å²) in [6.07, 6.45) is 1.79. The van der Waals surface area contributed by atoms with E-state index in [4.69, 9.17) is 5.73 Å². The lowest BCUT2D eigenvalue weighted by Crippen LogP contribution is -2.42. The van der Waals surface area contributed by atoms with Crippen molar-refractivity contribution in [3.8, 4) is 0 Å². The van der Waals surface area contributed by atoms with E-state index in [-0.39, 0.29) is 30.3 Å². The van der Waals surface area contributed by atoms with E-state index in [2.05, 4.69) is 10.6 Å². The van der Waals surface area contributed by atoms with Crippen LogP contribution in [-0.2, 0) is 16.0 Å². The molecule has 2 amide bonds. The molecular weight excluding hydrogens is 266 g/mol. The van der Waals surface area contributed by atoms with E-state index < -0.39 is 0 Å². The molecule has 1 aromatic rings. The van der Waals surface area contributed by atoms with Gasteiger partial charge in [-0.3, -0.25) is 9.59 Å². The average molecular weight is 284 g/mol. The Kier molecular flexibility index (Phi) is 5.63. The summed E-state index contributed by atoms with van der Waals surface area (Å²) < 4.78 is 0. The minimum atomic E-state index is -0.357. The summed E-state index contributed by atoms with van der Waals surface area (Å²) in [5.74, 6) is -0.148. The smallest absolute Gasteiger partial charge is 0.242 e. The van der Waals surface area contributed by atoms with Crippen LogP contribution in [0.4, 0.5) is 5.69 Å². The first-order valence-corrected chi connectivity index (χ1v) is 6.06. The van der Waals surface area contributed by atoms with Crippen LogP contribution in [0.2, 0.25) is 0 Å². The number of carbonyl (C=O) groups excluding carboxylic acids is 2. The zero-order valence-corrected chi connectivity index (χ0v) is 11.3. The van der Waals surface area contributed by atoms with Gasteiger partial charge in [0.05, 0.1) is 0 Å². The maximum atomic E-state index is 11.7. The highest BCUT2D eigenvalue weighted by Gasteiger charge is 2.26. The summed E-state index contributed by atoms with van der Waals surface area (Å²) in [6.45, 7) is 0.565. The van der Waals surface area contributed by atoms with E-state index in [1.807, 2.05) is 24.3 Å². The number of halogens is 1. The second-order valence-electron chi connectivity index (χ2n) is 4.44. The first-order chi connectivity index (χ1) is 8.65. The first kappa shape index (κ1) is 15.3. The molecule has 19 heavy (non-hydrogen) atoms. The molecule has 1 atom stereocenters. The summed E-state index contributed by atoms with van der Waals surface area (Å²) in [5, 5.41) is 5.47. The summed E-state index contributed by atoms with van der Waals surface area (Å²) in [7, 11) is 0. The lowest BCUT2D eigenvalue weighted by atomic mass is 10.1. The summed E-state index contributed by atoms with van der Waals surface area (Å²) in [6, 6.07) is 7.21. The van der Waals surface area contributed by atoms with Gasteiger partial charge >= 0.3 is 0 Å². The molecule has 0 unspecified atom stereocenters. The third kappa shape index (κ3) is 4.44. The number of hydrogen-bond donors (Lipinski definition) is 3. The molecule has 0 spiro atoms. The van der Waals surface area contributed by atoms with Crippen molar-refractivity contribution in [2.24, 2.45) is 0 Å². The maximum absolute atomic E-state index is 11.7. The van der Waals surface area contributed by atoms with Crippen molar-refractivity contribution in [1.29, 1.82) is 0 Å². The van der Waals surface area contributed by atoms with E-state index in [1.54, 1.807) is 0 Å². The Balaban J connectivity index is 0.00000180. The molecule has 1 aliphatic rings. The highest BCUT2D eigenvalue weighted by atomic mass is 35.5. The van der Waals surface area contributed by atoms with Crippen LogP contribution in [0.25, 0.3) is 0 Å². The lowest BCUT2D eigenvalue weighted by molar-refractivity contribution is -0.125. The third-order valence-electron chi connectivity index (χ3n) is 3.00. The predicted octanol–water partition coefficient (Wildman–Crippen LogP) is 0.628. The Morgan fingerprint density at radius 1 is 1.37 bits per heavy atom. The fraction of sp³-hybridized carbons (Fsp3) is 0.385. The van der Waals surface area contributed by atoms with Gasteiger partial charge in [-0.2, -0.15) is 0 Å². The van der Waals surface area contributed by atoms with E-state index in [9.17, 15) is 9.59 Å². The number of anilines is 1. The molecule has 2 rings (SSSR count). The summed E-state index contributed by atoms with van der Waals surface area (Å²) in [5.41, 5.74) is 7.45. The number of benzene rings is 1. The SMILES string of the molecule is Cl.Nc1ccc(CCNC(=O)[C@H]2CCC(=O)N2)cc1. The zero-order valence-electron chi connectivity index (χ0n) is 10.5. The average Bonchev–Trinajstić information content (AvgIpc) is 2.78. The molecule has 0 aliphatic carbocycles. The quantitative estimate of drug-likeness (QED) is 0.709. The molecule has 1 fully saturated rings. The molecule has 0 aromatic heterocycles. The Labute approximate surface area is 118 Å². The van der Waals surface area contributed by atoms with Crippen molar-refractivity contribution in [2.75, 3.05) is 12.3 Å². The molecule has 0 saturated carbocycles. The normalized spacial score (nSPS) is 17.5. The van der Waals surface area contributed by atoms with Crippen molar-refractivity contribution < 1.29 is 9.59 Å². The third-order valence-corrected chi connectivity index (χ3v) is 3.00. The highest BCUT2D eigenvalue weighted by molar-refractivity contribution is 5.90. The van der Waals surface area contributed by atoms with Crippen LogP contribution in [0.15, 0.2) is 24.3 Å². The predicted molar refractivity (Wildman–Crippen MR) is 76.0 cm³/mol. The molecule has 6 heteroatoms. The molecule has 5 nitrogen and oxygen atoms in total. The molecule has 4 N–H and O–H groups in total. The number of carbonyl (C=O) groups is 2. The van der Waals surface area contributed by atoms with Crippen molar-refractivity contribution in [1.82, 2.24) is 10.6 Å². The molecule has 104 valence electrons. The van der Waals surface area contributed by atoms with Gasteiger partial charge in [-0.15, -0.1) is 12.4 Å². The Morgan fingerprint density at radius 2 is 2.05 bits per heavy atom. The largest absolute Gasteiger partial charge is 0.399 e. The van der Waals surface area contributed by atoms with Crippen molar-refractivity contribution in [3.63, 3.8) is 0 Å². The molecule has 1 aliphatic heterocycles. The number of hydrogen-bond acceptors (Lipinski definition) is 3. The summed E-state index contributed by atoms with van der Waals surface area (Å²) in [4.78, 5) is 22.7. The Hall–Kier alpha value is -1.75. The minimum absolute atomic E-state index is 0. The summed E-state index contributed by atoms with van der Waals surface area (Å²) >= 11 is 0. The zero-order chi connectivity index (χ0) is 13.0. The standard InChI is InChI=1S/C13H17N3O2.ClH/c14-10-3-1-9(2-4-10)7-8-15-13(18)11-5-6-12(17)16-11;/h1-4,11H,5-8,14H2,(H,15,18)(H,16,17);1H/t11-;/m1./s1. The number of nitrogens with two attached hydrogens (primary N) is 1. The molecule has 1 saturated heterocycles. The van der Waals surface area contributed by atoms with Gasteiger partial charge in [0.2, 0.25) is 11.8 Å². The van der Waals surface area contributed by atoms with Gasteiger partial charge in [0, 0.05) is 18.7 Å². The van der Waals surface area contributed by atoms with E-state index in [0.29, 0.717) is 19.4 Å². The van der Waals surface area contributed by atoms with Crippen LogP contribution < -0.4 is 16.4 Å². The Morgan fingerprint density at radius 3 is 2.63 bits per heavy atom. The highest BCUT2D eigenvalue weighted by Crippen LogP contribution is 2.07. The van der Waals surface area contributed by atoms with E-state index in [1.165, 1.54) is 0 Å². The van der Waals surface area contributed by atoms with Crippen molar-refractivity contribution >= 4 is 29.9 Å². The molecule has 1 aromatic carbocycles. The van der Waals surface area contributed by atoms with Crippen LogP contribution in [0.1, 0.15) is 18.4 Å². The fourth-order valence-electron chi connectivity index (χ4n) is 1.95. The maximum Gasteiger partial charge on any atom is 0.242 e. The number of nitrogen functional groups attached to an aromatic ring is 1. The van der Waals surface area contributed by atoms with Gasteiger partial charge in [-0.1, -0.05) is 12.1 Å². The molecular formula is C13H18ClN3O2. The van der Waals surface area contributed by atoms with Gasteiger partial charge in [0.1, 0.15) is 6.04 Å². The van der Waals surface area contributed by atoms with Gasteiger partial charge in [0.15, 0.2) is 0 Å². The van der Waals surface area contributed by atoms with E-state index >= 15 is 0 Å². The van der Waals surface area contributed by atoms with Crippen LogP contribution >= 0.6 is 12.4 Å². The minimum Gasteiger partial charge on any atom is -0.399 e. The lowest BCUT2D eigenvalue weighted by Gasteiger charge is -2.10. The molecule has 0 radical (unpaired) electrons.